The molecule has 0 bridgehead atoms. The maximum absolute atomic E-state index is 12.0. The van der Waals surface area contributed by atoms with Crippen molar-refractivity contribution in [1.29, 1.82) is 0 Å². The lowest BCUT2D eigenvalue weighted by atomic mass is 10.0. The van der Waals surface area contributed by atoms with E-state index in [0.717, 1.165) is 28.2 Å². The van der Waals surface area contributed by atoms with Gasteiger partial charge in [0.1, 0.15) is 12.0 Å². The second kappa shape index (κ2) is 9.89. The van der Waals surface area contributed by atoms with Gasteiger partial charge < -0.3 is 14.3 Å². The van der Waals surface area contributed by atoms with E-state index in [1.165, 1.54) is 12.7 Å². The molecule has 0 aliphatic carbocycles. The van der Waals surface area contributed by atoms with Crippen LogP contribution < -0.4 is 4.74 Å². The van der Waals surface area contributed by atoms with Gasteiger partial charge in [-0.3, -0.25) is 0 Å². The lowest BCUT2D eigenvalue weighted by Gasteiger charge is -2.13. The maximum Gasteiger partial charge on any atom is 0.338 e. The van der Waals surface area contributed by atoms with Gasteiger partial charge in [0.25, 0.3) is 0 Å². The SMILES string of the molecule is COC(=O)c1cccc(SCc2ccc(OC)cc2)c1CCCC=O. The van der Waals surface area contributed by atoms with Crippen LogP contribution in [0.1, 0.15) is 34.3 Å². The van der Waals surface area contributed by atoms with Crippen LogP contribution in [0.2, 0.25) is 0 Å². The van der Waals surface area contributed by atoms with Crippen molar-refractivity contribution in [3.05, 3.63) is 59.2 Å². The number of hydrogen-bond donors (Lipinski definition) is 0. The summed E-state index contributed by atoms with van der Waals surface area (Å²) in [7, 11) is 3.03. The first-order valence-corrected chi connectivity index (χ1v) is 9.07. The highest BCUT2D eigenvalue weighted by Crippen LogP contribution is 2.30. The van der Waals surface area contributed by atoms with Crippen LogP contribution in [0.4, 0.5) is 0 Å². The van der Waals surface area contributed by atoms with Crippen molar-refractivity contribution in [3.8, 4) is 5.75 Å². The average Bonchev–Trinajstić information content (AvgIpc) is 2.66. The Bertz CT molecular complexity index is 710. The fraction of sp³-hybridized carbons (Fsp3) is 0.300. The highest BCUT2D eigenvalue weighted by Gasteiger charge is 2.15. The Labute approximate surface area is 152 Å². The largest absolute Gasteiger partial charge is 0.497 e. The fourth-order valence-corrected chi connectivity index (χ4v) is 3.58. The zero-order valence-corrected chi connectivity index (χ0v) is 15.3. The number of benzene rings is 2. The van der Waals surface area contributed by atoms with Crippen LogP contribution in [-0.2, 0) is 21.7 Å². The summed E-state index contributed by atoms with van der Waals surface area (Å²) in [6.07, 6.45) is 2.78. The molecule has 0 radical (unpaired) electrons. The van der Waals surface area contributed by atoms with Crippen LogP contribution >= 0.6 is 11.8 Å². The van der Waals surface area contributed by atoms with Crippen molar-refractivity contribution >= 4 is 24.0 Å². The van der Waals surface area contributed by atoms with E-state index in [2.05, 4.69) is 0 Å². The van der Waals surface area contributed by atoms with Gasteiger partial charge in [-0.2, -0.15) is 0 Å². The average molecular weight is 358 g/mol. The lowest BCUT2D eigenvalue weighted by Crippen LogP contribution is -2.07. The second-order valence-electron chi connectivity index (χ2n) is 5.47. The summed E-state index contributed by atoms with van der Waals surface area (Å²) >= 11 is 1.68. The monoisotopic (exact) mass is 358 g/mol. The van der Waals surface area contributed by atoms with Crippen molar-refractivity contribution in [2.45, 2.75) is 29.9 Å². The van der Waals surface area contributed by atoms with Gasteiger partial charge in [-0.1, -0.05) is 18.2 Å². The molecular weight excluding hydrogens is 336 g/mol. The van der Waals surface area contributed by atoms with Gasteiger partial charge in [0.05, 0.1) is 19.8 Å². The minimum atomic E-state index is -0.340. The first-order valence-electron chi connectivity index (χ1n) is 8.09. The van der Waals surface area contributed by atoms with E-state index in [1.807, 2.05) is 36.4 Å². The van der Waals surface area contributed by atoms with Gasteiger partial charge in [0.2, 0.25) is 0 Å². The van der Waals surface area contributed by atoms with E-state index in [0.29, 0.717) is 24.8 Å². The molecule has 0 heterocycles. The summed E-state index contributed by atoms with van der Waals surface area (Å²) in [5.74, 6) is 1.28. The Hall–Kier alpha value is -2.27. The molecule has 0 saturated carbocycles. The third-order valence-electron chi connectivity index (χ3n) is 3.84. The van der Waals surface area contributed by atoms with Crippen LogP contribution in [0.5, 0.6) is 5.75 Å². The molecule has 2 rings (SSSR count). The number of rotatable bonds is 9. The molecule has 0 spiro atoms. The first-order chi connectivity index (χ1) is 12.2. The summed E-state index contributed by atoms with van der Waals surface area (Å²) in [5.41, 5.74) is 2.70. The van der Waals surface area contributed by atoms with Gasteiger partial charge in [-0.05, 0) is 48.2 Å². The van der Waals surface area contributed by atoms with Crippen LogP contribution in [-0.4, -0.2) is 26.5 Å². The van der Waals surface area contributed by atoms with Crippen molar-refractivity contribution in [2.75, 3.05) is 14.2 Å². The number of carbonyl (C=O) groups excluding carboxylic acids is 2. The Morgan fingerprint density at radius 1 is 1.12 bits per heavy atom. The number of thioether (sulfide) groups is 1. The predicted octanol–water partition coefficient (Wildman–Crippen LogP) is 4.30. The Kier molecular flexibility index (Phi) is 7.54. The Morgan fingerprint density at radius 3 is 2.52 bits per heavy atom. The summed E-state index contributed by atoms with van der Waals surface area (Å²) in [6.45, 7) is 0. The number of hydrogen-bond acceptors (Lipinski definition) is 5. The van der Waals surface area contributed by atoms with Crippen LogP contribution in [0, 0.1) is 0 Å². The number of aldehydes is 1. The van der Waals surface area contributed by atoms with Gasteiger partial charge in [-0.25, -0.2) is 4.79 Å². The molecule has 0 saturated heterocycles. The molecule has 4 nitrogen and oxygen atoms in total. The van der Waals surface area contributed by atoms with Crippen molar-refractivity contribution in [1.82, 2.24) is 0 Å². The van der Waals surface area contributed by atoms with E-state index in [-0.39, 0.29) is 5.97 Å². The lowest BCUT2D eigenvalue weighted by molar-refractivity contribution is -0.107. The highest BCUT2D eigenvalue weighted by molar-refractivity contribution is 7.98. The van der Waals surface area contributed by atoms with Crippen molar-refractivity contribution in [3.63, 3.8) is 0 Å². The molecule has 0 aliphatic heterocycles. The zero-order chi connectivity index (χ0) is 18.1. The third kappa shape index (κ3) is 5.36. The zero-order valence-electron chi connectivity index (χ0n) is 14.5. The van der Waals surface area contributed by atoms with Gasteiger partial charge in [-0.15, -0.1) is 11.8 Å². The quantitative estimate of drug-likeness (QED) is 0.290. The molecule has 0 N–H and O–H groups in total. The van der Waals surface area contributed by atoms with Gasteiger partial charge in [0, 0.05) is 17.1 Å². The van der Waals surface area contributed by atoms with E-state index >= 15 is 0 Å². The van der Waals surface area contributed by atoms with Gasteiger partial charge in [0.15, 0.2) is 0 Å². The molecule has 0 atom stereocenters. The Balaban J connectivity index is 2.19. The van der Waals surface area contributed by atoms with Crippen LogP contribution in [0.3, 0.4) is 0 Å². The van der Waals surface area contributed by atoms with Crippen LogP contribution in [0.25, 0.3) is 0 Å². The van der Waals surface area contributed by atoms with Crippen molar-refractivity contribution < 1.29 is 19.1 Å². The maximum atomic E-state index is 12.0. The molecule has 2 aromatic rings. The smallest absolute Gasteiger partial charge is 0.338 e. The van der Waals surface area contributed by atoms with E-state index in [1.54, 1.807) is 24.9 Å². The molecular formula is C20H22O4S. The summed E-state index contributed by atoms with van der Waals surface area (Å²) in [4.78, 5) is 23.7. The number of ether oxygens (including phenoxy) is 2. The standard InChI is InChI=1S/C20H22O4S/c1-23-16-11-9-15(10-12-16)14-25-19-8-5-7-18(20(22)24-2)17(19)6-3-4-13-21/h5,7-13H,3-4,6,14H2,1-2H3. The molecule has 2 aromatic carbocycles. The molecule has 25 heavy (non-hydrogen) atoms. The van der Waals surface area contributed by atoms with E-state index in [4.69, 9.17) is 9.47 Å². The van der Waals surface area contributed by atoms with Gasteiger partial charge >= 0.3 is 5.97 Å². The molecule has 5 heteroatoms. The molecule has 0 amide bonds. The first kappa shape index (κ1) is 19.1. The normalized spacial score (nSPS) is 10.3. The number of unbranched alkanes of at least 4 members (excludes halogenated alkanes) is 1. The van der Waals surface area contributed by atoms with Crippen molar-refractivity contribution in [2.24, 2.45) is 0 Å². The van der Waals surface area contributed by atoms with E-state index in [9.17, 15) is 9.59 Å². The van der Waals surface area contributed by atoms with Crippen LogP contribution in [0.15, 0.2) is 47.4 Å². The minimum Gasteiger partial charge on any atom is -0.497 e. The fourth-order valence-electron chi connectivity index (χ4n) is 2.50. The number of methoxy groups -OCH3 is 2. The number of esters is 1. The van der Waals surface area contributed by atoms with E-state index < -0.39 is 0 Å². The third-order valence-corrected chi connectivity index (χ3v) is 5.01. The Morgan fingerprint density at radius 2 is 1.88 bits per heavy atom. The summed E-state index contributed by atoms with van der Waals surface area (Å²) in [6, 6.07) is 13.6. The molecule has 132 valence electrons. The molecule has 0 aliphatic rings. The predicted molar refractivity (Wildman–Crippen MR) is 99.3 cm³/mol. The highest BCUT2D eigenvalue weighted by atomic mass is 32.2. The topological polar surface area (TPSA) is 52.6 Å². The minimum absolute atomic E-state index is 0.340. The second-order valence-corrected chi connectivity index (χ2v) is 6.49. The molecule has 0 aromatic heterocycles. The number of carbonyl (C=O) groups is 2. The molecule has 0 fully saturated rings. The summed E-state index contributed by atoms with van der Waals surface area (Å²) in [5, 5.41) is 0. The summed E-state index contributed by atoms with van der Waals surface area (Å²) < 4.78 is 10.1. The molecule has 0 unspecified atom stereocenters.